The molecule has 0 heterocycles. The van der Waals surface area contributed by atoms with Crippen molar-refractivity contribution < 1.29 is 24.4 Å². The summed E-state index contributed by atoms with van der Waals surface area (Å²) in [5.74, 6) is 1.61. The third-order valence-electron chi connectivity index (χ3n) is 3.63. The molecule has 0 aliphatic carbocycles. The molecule has 0 aromatic heterocycles. The maximum atomic E-state index is 10.4. The number of phenolic OH excluding ortho intramolecular Hbond substituents is 2. The van der Waals surface area contributed by atoms with E-state index in [0.717, 1.165) is 11.1 Å². The third-order valence-corrected chi connectivity index (χ3v) is 3.63. The largest absolute Gasteiger partial charge is 0.508 e. The van der Waals surface area contributed by atoms with Crippen LogP contribution in [0.1, 0.15) is 11.1 Å². The molecule has 22 heavy (non-hydrogen) atoms. The van der Waals surface area contributed by atoms with Gasteiger partial charge in [0.2, 0.25) is 0 Å². The van der Waals surface area contributed by atoms with Crippen LogP contribution in [0.25, 0.3) is 11.1 Å². The number of hydrogen-bond donors (Lipinski definition) is 2. The van der Waals surface area contributed by atoms with Gasteiger partial charge in [0.25, 0.3) is 0 Å². The second kappa shape index (κ2) is 6.05. The SMILES string of the molecule is COc1cc(O)cc(OC)c1-c1c(O)cc(C)c(OC)c1C. The summed E-state index contributed by atoms with van der Waals surface area (Å²) in [6.45, 7) is 3.72. The molecule has 0 amide bonds. The Bertz CT molecular complexity index is 682. The van der Waals surface area contributed by atoms with E-state index < -0.39 is 0 Å². The molecular formula is C17H20O5. The number of benzene rings is 2. The van der Waals surface area contributed by atoms with Crippen molar-refractivity contribution >= 4 is 0 Å². The summed E-state index contributed by atoms with van der Waals surface area (Å²) >= 11 is 0. The first-order valence-electron chi connectivity index (χ1n) is 6.77. The van der Waals surface area contributed by atoms with Gasteiger partial charge in [-0.25, -0.2) is 0 Å². The molecule has 5 nitrogen and oxygen atoms in total. The molecule has 2 rings (SSSR count). The molecule has 0 saturated heterocycles. The molecule has 0 saturated carbocycles. The number of aryl methyl sites for hydroxylation is 1. The van der Waals surface area contributed by atoms with Gasteiger partial charge in [-0.15, -0.1) is 0 Å². The van der Waals surface area contributed by atoms with Crippen LogP contribution in [-0.2, 0) is 0 Å². The summed E-state index contributed by atoms with van der Waals surface area (Å²) in [7, 11) is 4.58. The van der Waals surface area contributed by atoms with Crippen molar-refractivity contribution in [1.29, 1.82) is 0 Å². The van der Waals surface area contributed by atoms with Crippen molar-refractivity contribution in [3.8, 4) is 39.9 Å². The van der Waals surface area contributed by atoms with Gasteiger partial charge in [0.1, 0.15) is 28.7 Å². The molecule has 5 heteroatoms. The van der Waals surface area contributed by atoms with Gasteiger partial charge in [-0.2, -0.15) is 0 Å². The average molecular weight is 304 g/mol. The quantitative estimate of drug-likeness (QED) is 0.906. The highest BCUT2D eigenvalue weighted by Crippen LogP contribution is 2.48. The van der Waals surface area contributed by atoms with E-state index in [1.54, 1.807) is 13.2 Å². The van der Waals surface area contributed by atoms with E-state index in [-0.39, 0.29) is 11.5 Å². The minimum absolute atomic E-state index is 0.0219. The normalized spacial score (nSPS) is 10.4. The smallest absolute Gasteiger partial charge is 0.134 e. The summed E-state index contributed by atoms with van der Waals surface area (Å²) in [6, 6.07) is 4.58. The topological polar surface area (TPSA) is 68.2 Å². The van der Waals surface area contributed by atoms with Crippen LogP contribution in [-0.4, -0.2) is 31.5 Å². The fourth-order valence-corrected chi connectivity index (χ4v) is 2.72. The van der Waals surface area contributed by atoms with Crippen molar-refractivity contribution in [2.45, 2.75) is 13.8 Å². The Hall–Kier alpha value is -2.56. The predicted octanol–water partition coefficient (Wildman–Crippen LogP) is 3.41. The first-order valence-corrected chi connectivity index (χ1v) is 6.77. The fourth-order valence-electron chi connectivity index (χ4n) is 2.72. The molecule has 2 aromatic rings. The lowest BCUT2D eigenvalue weighted by atomic mass is 9.94. The monoisotopic (exact) mass is 304 g/mol. The number of methoxy groups -OCH3 is 3. The molecule has 0 aliphatic heterocycles. The maximum absolute atomic E-state index is 10.4. The molecule has 0 radical (unpaired) electrons. The van der Waals surface area contributed by atoms with Gasteiger partial charge in [0.15, 0.2) is 0 Å². The standard InChI is InChI=1S/C17H20O5/c1-9-6-12(19)15(10(2)17(9)22-5)16-13(20-3)7-11(18)8-14(16)21-4/h6-8,18-19H,1-5H3. The Balaban J connectivity index is 2.88. The van der Waals surface area contributed by atoms with Crippen molar-refractivity contribution in [1.82, 2.24) is 0 Å². The van der Waals surface area contributed by atoms with E-state index in [0.29, 0.717) is 28.4 Å². The van der Waals surface area contributed by atoms with E-state index in [1.165, 1.54) is 26.4 Å². The Morgan fingerprint density at radius 3 is 1.77 bits per heavy atom. The van der Waals surface area contributed by atoms with E-state index in [2.05, 4.69) is 0 Å². The summed E-state index contributed by atoms with van der Waals surface area (Å²) in [4.78, 5) is 0. The van der Waals surface area contributed by atoms with Crippen LogP contribution in [0.15, 0.2) is 18.2 Å². The molecule has 2 N–H and O–H groups in total. The minimum atomic E-state index is 0.0219. The average Bonchev–Trinajstić information content (AvgIpc) is 2.47. The van der Waals surface area contributed by atoms with Crippen LogP contribution >= 0.6 is 0 Å². The lowest BCUT2D eigenvalue weighted by Crippen LogP contribution is -1.98. The number of ether oxygens (including phenoxy) is 3. The zero-order chi connectivity index (χ0) is 16.4. The first kappa shape index (κ1) is 15.8. The second-order valence-corrected chi connectivity index (χ2v) is 4.97. The Kier molecular flexibility index (Phi) is 4.35. The van der Waals surface area contributed by atoms with Crippen LogP contribution in [0, 0.1) is 13.8 Å². The molecule has 0 unspecified atom stereocenters. The molecule has 0 aliphatic rings. The van der Waals surface area contributed by atoms with Crippen LogP contribution in [0.2, 0.25) is 0 Å². The van der Waals surface area contributed by atoms with Crippen molar-refractivity contribution in [2.24, 2.45) is 0 Å². The molecule has 2 aromatic carbocycles. The second-order valence-electron chi connectivity index (χ2n) is 4.97. The van der Waals surface area contributed by atoms with Crippen LogP contribution in [0.5, 0.6) is 28.7 Å². The number of phenols is 2. The van der Waals surface area contributed by atoms with Gasteiger partial charge in [0, 0.05) is 23.3 Å². The van der Waals surface area contributed by atoms with Crippen molar-refractivity contribution in [3.05, 3.63) is 29.3 Å². The molecule has 118 valence electrons. The van der Waals surface area contributed by atoms with Crippen LogP contribution in [0.3, 0.4) is 0 Å². The van der Waals surface area contributed by atoms with Gasteiger partial charge in [0.05, 0.1) is 26.9 Å². The highest BCUT2D eigenvalue weighted by molar-refractivity contribution is 5.86. The zero-order valence-corrected chi connectivity index (χ0v) is 13.4. The Morgan fingerprint density at radius 2 is 1.32 bits per heavy atom. The maximum Gasteiger partial charge on any atom is 0.134 e. The van der Waals surface area contributed by atoms with Gasteiger partial charge < -0.3 is 24.4 Å². The van der Waals surface area contributed by atoms with Crippen molar-refractivity contribution in [3.63, 3.8) is 0 Å². The minimum Gasteiger partial charge on any atom is -0.508 e. The first-order chi connectivity index (χ1) is 10.4. The number of rotatable bonds is 4. The summed E-state index contributed by atoms with van der Waals surface area (Å²) in [5.41, 5.74) is 2.72. The highest BCUT2D eigenvalue weighted by atomic mass is 16.5. The van der Waals surface area contributed by atoms with Crippen molar-refractivity contribution in [2.75, 3.05) is 21.3 Å². The zero-order valence-electron chi connectivity index (χ0n) is 13.4. The number of hydrogen-bond acceptors (Lipinski definition) is 5. The van der Waals surface area contributed by atoms with E-state index >= 15 is 0 Å². The van der Waals surface area contributed by atoms with Crippen LogP contribution in [0.4, 0.5) is 0 Å². The summed E-state index contributed by atoms with van der Waals surface area (Å²) in [5, 5.41) is 20.2. The molecular weight excluding hydrogens is 284 g/mol. The Labute approximate surface area is 129 Å². The predicted molar refractivity (Wildman–Crippen MR) is 84.3 cm³/mol. The highest BCUT2D eigenvalue weighted by Gasteiger charge is 2.22. The fraction of sp³-hybridized carbons (Fsp3) is 0.294. The number of aromatic hydroxyl groups is 2. The van der Waals surface area contributed by atoms with E-state index in [4.69, 9.17) is 14.2 Å². The van der Waals surface area contributed by atoms with Gasteiger partial charge in [-0.05, 0) is 25.5 Å². The summed E-state index contributed by atoms with van der Waals surface area (Å²) < 4.78 is 16.1. The molecule has 0 spiro atoms. The molecule has 0 fully saturated rings. The van der Waals surface area contributed by atoms with E-state index in [9.17, 15) is 10.2 Å². The molecule has 0 atom stereocenters. The van der Waals surface area contributed by atoms with Gasteiger partial charge in [-0.1, -0.05) is 0 Å². The summed E-state index contributed by atoms with van der Waals surface area (Å²) in [6.07, 6.45) is 0. The van der Waals surface area contributed by atoms with Crippen LogP contribution < -0.4 is 14.2 Å². The molecule has 0 bridgehead atoms. The van der Waals surface area contributed by atoms with Gasteiger partial charge in [-0.3, -0.25) is 0 Å². The lowest BCUT2D eigenvalue weighted by Gasteiger charge is -2.19. The Morgan fingerprint density at radius 1 is 0.773 bits per heavy atom. The third kappa shape index (κ3) is 2.50. The van der Waals surface area contributed by atoms with Gasteiger partial charge >= 0.3 is 0 Å². The van der Waals surface area contributed by atoms with E-state index in [1.807, 2.05) is 13.8 Å². The lowest BCUT2D eigenvalue weighted by molar-refractivity contribution is 0.386.